The van der Waals surface area contributed by atoms with Crippen molar-refractivity contribution in [2.24, 2.45) is 0 Å². The summed E-state index contributed by atoms with van der Waals surface area (Å²) in [4.78, 5) is 10.4. The predicted molar refractivity (Wildman–Crippen MR) is 128 cm³/mol. The summed E-state index contributed by atoms with van der Waals surface area (Å²) in [7, 11) is 1.55. The van der Waals surface area contributed by atoms with Gasteiger partial charge in [-0.1, -0.05) is 23.7 Å². The summed E-state index contributed by atoms with van der Waals surface area (Å²) in [6.07, 6.45) is 1.70. The molecule has 3 rings (SSSR count). The minimum atomic E-state index is -0.477. The molecule has 0 spiro atoms. The molecular formula is C23H16ClIN2O4. The third-order valence-electron chi connectivity index (χ3n) is 4.37. The van der Waals surface area contributed by atoms with E-state index in [9.17, 15) is 15.4 Å². The van der Waals surface area contributed by atoms with E-state index < -0.39 is 4.92 Å². The van der Waals surface area contributed by atoms with E-state index in [4.69, 9.17) is 21.1 Å². The van der Waals surface area contributed by atoms with Gasteiger partial charge in [-0.15, -0.1) is 0 Å². The molecule has 0 aliphatic rings. The van der Waals surface area contributed by atoms with Crippen molar-refractivity contribution in [3.63, 3.8) is 0 Å². The van der Waals surface area contributed by atoms with Crippen LogP contribution in [0.4, 0.5) is 5.69 Å². The molecule has 0 aliphatic heterocycles. The Morgan fingerprint density at radius 3 is 2.45 bits per heavy atom. The highest BCUT2D eigenvalue weighted by Gasteiger charge is 2.13. The predicted octanol–water partition coefficient (Wildman–Crippen LogP) is 6.50. The summed E-state index contributed by atoms with van der Waals surface area (Å²) in [5, 5.41) is 21.1. The fourth-order valence-corrected chi connectivity index (χ4v) is 3.72. The van der Waals surface area contributed by atoms with Crippen LogP contribution in [0.3, 0.4) is 0 Å². The molecule has 0 aromatic heterocycles. The van der Waals surface area contributed by atoms with Gasteiger partial charge in [0.15, 0.2) is 11.5 Å². The second-order valence-corrected chi connectivity index (χ2v) is 8.02. The Hall–Kier alpha value is -3.09. The van der Waals surface area contributed by atoms with Gasteiger partial charge in [-0.05, 0) is 81.8 Å². The van der Waals surface area contributed by atoms with Crippen molar-refractivity contribution in [3.05, 3.63) is 96.1 Å². The molecule has 0 unspecified atom stereocenters. The average Bonchev–Trinajstić information content (AvgIpc) is 2.77. The quantitative estimate of drug-likeness (QED) is 0.111. The Bertz CT molecular complexity index is 1170. The van der Waals surface area contributed by atoms with Crippen LogP contribution >= 0.6 is 34.2 Å². The zero-order valence-electron chi connectivity index (χ0n) is 16.3. The van der Waals surface area contributed by atoms with E-state index in [2.05, 4.69) is 28.7 Å². The highest BCUT2D eigenvalue weighted by Crippen LogP contribution is 2.36. The number of hydrogen-bond acceptors (Lipinski definition) is 5. The SMILES string of the molecule is COc1cc(/C=C(/C#N)c2ccc([N+](=O)[O-])cc2)cc(I)c1OCc1ccc(Cl)cc1. The Kier molecular flexibility index (Phi) is 7.50. The number of halogens is 2. The number of rotatable bonds is 7. The number of hydrogen-bond donors (Lipinski definition) is 0. The number of nitrogens with zero attached hydrogens (tertiary/aromatic N) is 2. The maximum atomic E-state index is 10.8. The van der Waals surface area contributed by atoms with Crippen LogP contribution in [0.5, 0.6) is 11.5 Å². The average molecular weight is 547 g/mol. The van der Waals surface area contributed by atoms with Gasteiger partial charge in [-0.3, -0.25) is 10.1 Å². The first-order valence-corrected chi connectivity index (χ1v) is 10.5. The van der Waals surface area contributed by atoms with Crippen LogP contribution in [0.2, 0.25) is 5.02 Å². The second kappa shape index (κ2) is 10.3. The first-order chi connectivity index (χ1) is 14.9. The van der Waals surface area contributed by atoms with E-state index in [-0.39, 0.29) is 5.69 Å². The lowest BCUT2D eigenvalue weighted by Gasteiger charge is -2.14. The van der Waals surface area contributed by atoms with Crippen molar-refractivity contribution in [1.82, 2.24) is 0 Å². The van der Waals surface area contributed by atoms with Gasteiger partial charge in [0, 0.05) is 17.2 Å². The lowest BCUT2D eigenvalue weighted by atomic mass is 10.0. The molecule has 156 valence electrons. The van der Waals surface area contributed by atoms with Crippen molar-refractivity contribution >= 4 is 51.5 Å². The molecule has 0 atom stereocenters. The minimum absolute atomic E-state index is 0.0283. The number of nitro groups is 1. The molecule has 6 nitrogen and oxygen atoms in total. The number of allylic oxidation sites excluding steroid dienone is 1. The third-order valence-corrected chi connectivity index (χ3v) is 5.42. The van der Waals surface area contributed by atoms with Gasteiger partial charge in [0.2, 0.25) is 0 Å². The van der Waals surface area contributed by atoms with E-state index in [0.717, 1.165) is 14.7 Å². The molecule has 0 bridgehead atoms. The van der Waals surface area contributed by atoms with Crippen LogP contribution in [-0.4, -0.2) is 12.0 Å². The Labute approximate surface area is 198 Å². The number of non-ortho nitro benzene ring substituents is 1. The fourth-order valence-electron chi connectivity index (χ4n) is 2.81. The normalized spacial score (nSPS) is 11.0. The topological polar surface area (TPSA) is 85.4 Å². The van der Waals surface area contributed by atoms with Crippen molar-refractivity contribution in [3.8, 4) is 17.6 Å². The van der Waals surface area contributed by atoms with E-state index >= 15 is 0 Å². The summed E-state index contributed by atoms with van der Waals surface area (Å²) >= 11 is 8.07. The van der Waals surface area contributed by atoms with Crippen LogP contribution in [0.1, 0.15) is 16.7 Å². The van der Waals surface area contributed by atoms with Crippen molar-refractivity contribution in [1.29, 1.82) is 5.26 Å². The Morgan fingerprint density at radius 1 is 1.19 bits per heavy atom. The summed E-state index contributed by atoms with van der Waals surface area (Å²) in [5.74, 6) is 1.14. The zero-order chi connectivity index (χ0) is 22.4. The maximum Gasteiger partial charge on any atom is 0.269 e. The van der Waals surface area contributed by atoms with Crippen molar-refractivity contribution in [2.45, 2.75) is 6.61 Å². The molecule has 0 aliphatic carbocycles. The van der Waals surface area contributed by atoms with Crippen LogP contribution in [0.15, 0.2) is 60.7 Å². The molecule has 31 heavy (non-hydrogen) atoms. The third kappa shape index (κ3) is 5.75. The molecule has 0 radical (unpaired) electrons. The summed E-state index contributed by atoms with van der Waals surface area (Å²) in [6, 6.07) is 19.0. The van der Waals surface area contributed by atoms with Gasteiger partial charge in [-0.2, -0.15) is 5.26 Å². The molecule has 0 amide bonds. The van der Waals surface area contributed by atoms with Crippen molar-refractivity contribution < 1.29 is 14.4 Å². The van der Waals surface area contributed by atoms with E-state index in [0.29, 0.717) is 34.3 Å². The lowest BCUT2D eigenvalue weighted by molar-refractivity contribution is -0.384. The van der Waals surface area contributed by atoms with Gasteiger partial charge in [-0.25, -0.2) is 0 Å². The molecule has 8 heteroatoms. The van der Waals surface area contributed by atoms with E-state index in [1.165, 1.54) is 12.1 Å². The van der Waals surface area contributed by atoms with Gasteiger partial charge in [0.05, 0.1) is 27.2 Å². The summed E-state index contributed by atoms with van der Waals surface area (Å²) in [6.45, 7) is 0.352. The Balaban J connectivity index is 1.87. The number of nitriles is 1. The Morgan fingerprint density at radius 2 is 1.87 bits per heavy atom. The minimum Gasteiger partial charge on any atom is -0.493 e. The second-order valence-electron chi connectivity index (χ2n) is 6.42. The van der Waals surface area contributed by atoms with Gasteiger partial charge < -0.3 is 9.47 Å². The zero-order valence-corrected chi connectivity index (χ0v) is 19.3. The van der Waals surface area contributed by atoms with Crippen LogP contribution < -0.4 is 9.47 Å². The van der Waals surface area contributed by atoms with Gasteiger partial charge in [0.1, 0.15) is 6.61 Å². The van der Waals surface area contributed by atoms with Crippen LogP contribution in [0.25, 0.3) is 11.6 Å². The summed E-state index contributed by atoms with van der Waals surface area (Å²) < 4.78 is 12.3. The van der Waals surface area contributed by atoms with E-state index in [1.54, 1.807) is 43.5 Å². The molecule has 0 saturated heterocycles. The number of ether oxygens (including phenoxy) is 2. The molecule has 0 heterocycles. The number of benzene rings is 3. The molecule has 0 N–H and O–H groups in total. The molecule has 0 fully saturated rings. The van der Waals surface area contributed by atoms with Crippen LogP contribution in [-0.2, 0) is 6.61 Å². The molecule has 3 aromatic carbocycles. The number of methoxy groups -OCH3 is 1. The molecule has 3 aromatic rings. The standard InChI is InChI=1S/C23H16ClIN2O4/c1-30-22-12-16(10-18(13-26)17-4-8-20(9-5-17)27(28)29)11-21(25)23(22)31-14-15-2-6-19(24)7-3-15/h2-12H,14H2,1H3/b18-10-. The highest BCUT2D eigenvalue weighted by molar-refractivity contribution is 14.1. The van der Waals surface area contributed by atoms with Crippen LogP contribution in [0, 0.1) is 25.0 Å². The molecular weight excluding hydrogens is 531 g/mol. The fraction of sp³-hybridized carbons (Fsp3) is 0.0870. The molecule has 0 saturated carbocycles. The largest absolute Gasteiger partial charge is 0.493 e. The van der Waals surface area contributed by atoms with E-state index in [1.807, 2.05) is 18.2 Å². The first-order valence-electron chi connectivity index (χ1n) is 9.02. The smallest absolute Gasteiger partial charge is 0.269 e. The highest BCUT2D eigenvalue weighted by atomic mass is 127. The monoisotopic (exact) mass is 546 g/mol. The van der Waals surface area contributed by atoms with Gasteiger partial charge >= 0.3 is 0 Å². The first kappa shape index (κ1) is 22.6. The number of nitro benzene ring substituents is 1. The van der Waals surface area contributed by atoms with Gasteiger partial charge in [0.25, 0.3) is 5.69 Å². The lowest BCUT2D eigenvalue weighted by Crippen LogP contribution is -2.00. The summed E-state index contributed by atoms with van der Waals surface area (Å²) in [5.41, 5.74) is 2.65. The maximum absolute atomic E-state index is 10.8. The van der Waals surface area contributed by atoms with Crippen molar-refractivity contribution in [2.75, 3.05) is 7.11 Å².